The molecule has 0 bridgehead atoms. The van der Waals surface area contributed by atoms with Gasteiger partial charge in [-0.3, -0.25) is 4.98 Å². The molecule has 0 N–H and O–H groups in total. The van der Waals surface area contributed by atoms with Gasteiger partial charge in [0.25, 0.3) is 0 Å². The van der Waals surface area contributed by atoms with Gasteiger partial charge < -0.3 is 4.74 Å². The molecule has 3 nitrogen and oxygen atoms in total. The number of rotatable bonds is 3. The lowest BCUT2D eigenvalue weighted by atomic mass is 9.99. The zero-order valence-electron chi connectivity index (χ0n) is 8.45. The van der Waals surface area contributed by atoms with Crippen molar-refractivity contribution in [1.29, 1.82) is 0 Å². The quantitative estimate of drug-likeness (QED) is 0.799. The van der Waals surface area contributed by atoms with E-state index in [1.807, 2.05) is 0 Å². The Hall–Kier alpha value is -0.0400. The Morgan fingerprint density at radius 1 is 1.43 bits per heavy atom. The number of hydrogen-bond acceptors (Lipinski definition) is 4. The second-order valence-electron chi connectivity index (χ2n) is 4.12. The van der Waals surface area contributed by atoms with Crippen molar-refractivity contribution < 1.29 is 4.74 Å². The van der Waals surface area contributed by atoms with Crippen LogP contribution < -0.4 is 4.74 Å². The van der Waals surface area contributed by atoms with Crippen LogP contribution in [0, 0.1) is 5.41 Å². The minimum Gasteiger partial charge on any atom is -0.476 e. The highest BCUT2D eigenvalue weighted by molar-refractivity contribution is 14.2. The third-order valence-corrected chi connectivity index (χ3v) is 3.03. The van der Waals surface area contributed by atoms with Gasteiger partial charge in [-0.1, -0.05) is 20.8 Å². The molecule has 0 aliphatic rings. The molecule has 1 heterocycles. The highest BCUT2D eigenvalue weighted by Crippen LogP contribution is 2.24. The molecule has 5 heteroatoms. The molecule has 0 unspecified atom stereocenters. The molecule has 1 aromatic rings. The van der Waals surface area contributed by atoms with Crippen LogP contribution in [0.1, 0.15) is 20.8 Å². The van der Waals surface area contributed by atoms with Gasteiger partial charge in [0.1, 0.15) is 5.03 Å². The molecule has 0 aliphatic heterocycles. The van der Waals surface area contributed by atoms with Crippen LogP contribution in [-0.2, 0) is 0 Å². The van der Waals surface area contributed by atoms with Gasteiger partial charge in [-0.25, -0.2) is 4.98 Å². The minimum absolute atomic E-state index is 0.148. The van der Waals surface area contributed by atoms with Crippen molar-refractivity contribution in [2.24, 2.45) is 5.41 Å². The van der Waals surface area contributed by atoms with Gasteiger partial charge >= 0.3 is 0 Å². The van der Waals surface area contributed by atoms with Gasteiger partial charge in [-0.15, -0.1) is 0 Å². The highest BCUT2D eigenvalue weighted by atomic mass is 127. The first-order chi connectivity index (χ1) is 6.51. The third kappa shape index (κ3) is 4.45. The van der Waals surface area contributed by atoms with Gasteiger partial charge in [0.05, 0.1) is 19.0 Å². The van der Waals surface area contributed by atoms with E-state index in [9.17, 15) is 0 Å². The van der Waals surface area contributed by atoms with E-state index in [2.05, 4.69) is 51.9 Å². The number of halogens is 1. The van der Waals surface area contributed by atoms with E-state index < -0.39 is 0 Å². The van der Waals surface area contributed by atoms with E-state index in [0.717, 1.165) is 5.03 Å². The largest absolute Gasteiger partial charge is 0.476 e. The molecule has 1 rings (SSSR count). The molecule has 0 spiro atoms. The van der Waals surface area contributed by atoms with E-state index in [1.54, 1.807) is 12.4 Å². The topological polar surface area (TPSA) is 35.0 Å². The third-order valence-electron chi connectivity index (χ3n) is 1.32. The first kappa shape index (κ1) is 12.0. The van der Waals surface area contributed by atoms with Crippen molar-refractivity contribution in [2.45, 2.75) is 25.8 Å². The van der Waals surface area contributed by atoms with Crippen molar-refractivity contribution in [1.82, 2.24) is 9.97 Å². The van der Waals surface area contributed by atoms with E-state index in [0.29, 0.717) is 12.5 Å². The second-order valence-corrected chi connectivity index (χ2v) is 6.02. The van der Waals surface area contributed by atoms with Gasteiger partial charge in [0.15, 0.2) is 0 Å². The zero-order chi connectivity index (χ0) is 10.6. The number of aromatic nitrogens is 2. The number of hydrogen-bond donors (Lipinski definition) is 0. The molecule has 0 radical (unpaired) electrons. The summed E-state index contributed by atoms with van der Waals surface area (Å²) < 4.78 is 5.52. The first-order valence-electron chi connectivity index (χ1n) is 4.25. The Labute approximate surface area is 101 Å². The summed E-state index contributed by atoms with van der Waals surface area (Å²) in [4.78, 5) is 8.31. The number of nitrogens with zero attached hydrogens (tertiary/aromatic N) is 2. The van der Waals surface area contributed by atoms with Crippen molar-refractivity contribution >= 4 is 30.1 Å². The monoisotopic (exact) mass is 324 g/mol. The molecule has 78 valence electrons. The van der Waals surface area contributed by atoms with Crippen molar-refractivity contribution in [2.75, 3.05) is 6.61 Å². The summed E-state index contributed by atoms with van der Waals surface area (Å²) in [7, 11) is 1.53. The fourth-order valence-corrected chi connectivity index (χ4v) is 1.59. The zero-order valence-corrected chi connectivity index (χ0v) is 11.4. The second kappa shape index (κ2) is 5.16. The predicted molar refractivity (Wildman–Crippen MR) is 66.9 cm³/mol. The van der Waals surface area contributed by atoms with Crippen molar-refractivity contribution in [3.63, 3.8) is 0 Å². The van der Waals surface area contributed by atoms with E-state index >= 15 is 0 Å². The molecular weight excluding hydrogens is 311 g/mol. The molecule has 0 fully saturated rings. The maximum Gasteiger partial charge on any atom is 0.233 e. The molecule has 0 aliphatic carbocycles. The maximum atomic E-state index is 5.52. The average molecular weight is 324 g/mol. The Balaban J connectivity index is 2.59. The minimum atomic E-state index is 0.148. The molecule has 0 aromatic carbocycles. The first-order valence-corrected chi connectivity index (χ1v) is 7.60. The molecular formula is C9H13IN2OS. The summed E-state index contributed by atoms with van der Waals surface area (Å²) in [5.74, 6) is 0.599. The summed E-state index contributed by atoms with van der Waals surface area (Å²) in [6.07, 6.45) is 3.36. The van der Waals surface area contributed by atoms with E-state index in [4.69, 9.17) is 4.74 Å². The standard InChI is InChI=1S/C9H13IN2OS/c1-9(2,3)6-13-7-4-11-5-8(12-7)14-10/h4-5H,6H2,1-3H3. The Morgan fingerprint density at radius 3 is 2.71 bits per heavy atom. The average Bonchev–Trinajstić information content (AvgIpc) is 2.14. The van der Waals surface area contributed by atoms with Crippen LogP contribution in [-0.4, -0.2) is 16.6 Å². The summed E-state index contributed by atoms with van der Waals surface area (Å²) in [6.45, 7) is 7.02. The van der Waals surface area contributed by atoms with Crippen LogP contribution in [0.2, 0.25) is 0 Å². The van der Waals surface area contributed by atoms with Crippen LogP contribution in [0.5, 0.6) is 5.88 Å². The molecule has 1 aromatic heterocycles. The van der Waals surface area contributed by atoms with Gasteiger partial charge in [0, 0.05) is 21.2 Å². The molecule has 0 amide bonds. The van der Waals surface area contributed by atoms with E-state index in [1.165, 1.54) is 8.93 Å². The van der Waals surface area contributed by atoms with Gasteiger partial charge in [-0.2, -0.15) is 0 Å². The predicted octanol–water partition coefficient (Wildman–Crippen LogP) is 3.34. The maximum absolute atomic E-state index is 5.52. The van der Waals surface area contributed by atoms with Gasteiger partial charge in [-0.05, 0) is 14.3 Å². The Bertz CT molecular complexity index is 301. The molecule has 0 saturated carbocycles. The molecule has 0 saturated heterocycles. The van der Waals surface area contributed by atoms with Crippen LogP contribution in [0.4, 0.5) is 0 Å². The summed E-state index contributed by atoms with van der Waals surface area (Å²) >= 11 is 2.17. The lowest BCUT2D eigenvalue weighted by Crippen LogP contribution is -2.17. The summed E-state index contributed by atoms with van der Waals surface area (Å²) in [5.41, 5.74) is 0.148. The highest BCUT2D eigenvalue weighted by Gasteiger charge is 2.11. The van der Waals surface area contributed by atoms with Gasteiger partial charge in [0.2, 0.25) is 5.88 Å². The SMILES string of the molecule is CC(C)(C)COc1cncc(SI)n1. The van der Waals surface area contributed by atoms with Crippen LogP contribution in [0.3, 0.4) is 0 Å². The molecule has 0 atom stereocenters. The van der Waals surface area contributed by atoms with Crippen LogP contribution in [0.15, 0.2) is 17.4 Å². The lowest BCUT2D eigenvalue weighted by molar-refractivity contribution is 0.190. The molecule has 14 heavy (non-hydrogen) atoms. The van der Waals surface area contributed by atoms with Crippen molar-refractivity contribution in [3.05, 3.63) is 12.4 Å². The Kier molecular flexibility index (Phi) is 4.43. The fourth-order valence-electron chi connectivity index (χ4n) is 0.728. The van der Waals surface area contributed by atoms with Crippen LogP contribution in [0.25, 0.3) is 0 Å². The van der Waals surface area contributed by atoms with E-state index in [-0.39, 0.29) is 5.41 Å². The Morgan fingerprint density at radius 2 is 2.14 bits per heavy atom. The number of ether oxygens (including phenoxy) is 1. The fraction of sp³-hybridized carbons (Fsp3) is 0.556. The summed E-state index contributed by atoms with van der Waals surface area (Å²) in [5, 5.41) is 0.872. The normalized spacial score (nSPS) is 11.4. The lowest BCUT2D eigenvalue weighted by Gasteiger charge is -2.17. The smallest absolute Gasteiger partial charge is 0.233 e. The van der Waals surface area contributed by atoms with Crippen molar-refractivity contribution in [3.8, 4) is 5.88 Å². The summed E-state index contributed by atoms with van der Waals surface area (Å²) in [6, 6.07) is 0. The van der Waals surface area contributed by atoms with Crippen LogP contribution >= 0.6 is 30.1 Å².